The van der Waals surface area contributed by atoms with Crippen molar-refractivity contribution in [3.63, 3.8) is 0 Å². The van der Waals surface area contributed by atoms with Crippen LogP contribution in [0.5, 0.6) is 0 Å². The minimum Gasteiger partial charge on any atom is -0.305 e. The summed E-state index contributed by atoms with van der Waals surface area (Å²) in [6.07, 6.45) is 1.61. The summed E-state index contributed by atoms with van der Waals surface area (Å²) in [5.41, 5.74) is 0.991. The van der Waals surface area contributed by atoms with Crippen LogP contribution in [0.25, 0.3) is 0 Å². The zero-order valence-electron chi connectivity index (χ0n) is 15.3. The average molecular weight is 438 g/mol. The number of amides is 1. The lowest BCUT2D eigenvalue weighted by Crippen LogP contribution is -2.15. The number of aryl methyl sites for hydroxylation is 1. The summed E-state index contributed by atoms with van der Waals surface area (Å²) in [6, 6.07) is 6.71. The maximum absolute atomic E-state index is 12.7. The fraction of sp³-hybridized carbons (Fsp3) is 0.294. The van der Waals surface area contributed by atoms with Gasteiger partial charge in [-0.05, 0) is 26.0 Å². The quantitative estimate of drug-likeness (QED) is 0.540. The number of hydrogen-bond acceptors (Lipinski definition) is 8. The van der Waals surface area contributed by atoms with Crippen LogP contribution in [0.15, 0.2) is 45.9 Å². The van der Waals surface area contributed by atoms with Gasteiger partial charge in [-0.15, -0.1) is 21.5 Å². The number of carbonyl (C=O) groups excluding carboxylic acids is 1. The number of aromatic nitrogens is 4. The summed E-state index contributed by atoms with van der Waals surface area (Å²) in [7, 11) is -3.53. The average Bonchev–Trinajstić information content (AvgIpc) is 3.29. The van der Waals surface area contributed by atoms with Crippen LogP contribution < -0.4 is 5.32 Å². The van der Waals surface area contributed by atoms with Crippen molar-refractivity contribution in [3.8, 4) is 0 Å². The smallest absolute Gasteiger partial charge is 0.236 e. The highest BCUT2D eigenvalue weighted by Gasteiger charge is 2.21. The highest BCUT2D eigenvalue weighted by molar-refractivity contribution is 7.99. The number of carbonyl (C=O) groups is 1. The fourth-order valence-corrected chi connectivity index (χ4v) is 5.06. The number of rotatable bonds is 8. The van der Waals surface area contributed by atoms with Gasteiger partial charge in [-0.2, -0.15) is 0 Å². The summed E-state index contributed by atoms with van der Waals surface area (Å²) in [5.74, 6) is 0.0240. The number of nitrogens with one attached hydrogen (secondary N) is 1. The molecule has 0 radical (unpaired) electrons. The molecule has 1 N–H and O–H groups in total. The third kappa shape index (κ3) is 4.97. The maximum atomic E-state index is 12.7. The molecule has 28 heavy (non-hydrogen) atoms. The third-order valence-corrected chi connectivity index (χ3v) is 7.10. The second kappa shape index (κ2) is 8.84. The van der Waals surface area contributed by atoms with Crippen molar-refractivity contribution in [2.24, 2.45) is 0 Å². The largest absolute Gasteiger partial charge is 0.305 e. The molecule has 0 bridgehead atoms. The summed E-state index contributed by atoms with van der Waals surface area (Å²) in [6.45, 7) is 4.28. The Labute approximate surface area is 171 Å². The number of sulfone groups is 1. The van der Waals surface area contributed by atoms with Crippen molar-refractivity contribution in [2.75, 3.05) is 11.1 Å². The van der Waals surface area contributed by atoms with Gasteiger partial charge < -0.3 is 9.88 Å². The zero-order chi connectivity index (χ0) is 20.1. The summed E-state index contributed by atoms with van der Waals surface area (Å²) in [4.78, 5) is 16.3. The van der Waals surface area contributed by atoms with Gasteiger partial charge >= 0.3 is 0 Å². The lowest BCUT2D eigenvalue weighted by molar-refractivity contribution is -0.113. The van der Waals surface area contributed by atoms with E-state index in [1.54, 1.807) is 40.4 Å². The van der Waals surface area contributed by atoms with E-state index in [1.165, 1.54) is 23.1 Å². The Morgan fingerprint density at radius 2 is 2.00 bits per heavy atom. The molecule has 0 saturated carbocycles. The van der Waals surface area contributed by atoms with Crippen LogP contribution in [0.3, 0.4) is 0 Å². The second-order valence-electron chi connectivity index (χ2n) is 5.89. The van der Waals surface area contributed by atoms with Crippen molar-refractivity contribution in [2.45, 2.75) is 36.2 Å². The van der Waals surface area contributed by atoms with Gasteiger partial charge in [0.15, 0.2) is 20.1 Å². The molecule has 2 heterocycles. The number of thiazole rings is 1. The van der Waals surface area contributed by atoms with Crippen molar-refractivity contribution >= 4 is 44.0 Å². The SMILES string of the molecule is CCn1c(CS(=O)(=O)c2ccc(C)cc2)nnc1SCC(=O)Nc1nccs1. The van der Waals surface area contributed by atoms with Gasteiger partial charge in [-0.3, -0.25) is 4.79 Å². The maximum Gasteiger partial charge on any atom is 0.236 e. The molecule has 11 heteroatoms. The predicted molar refractivity (Wildman–Crippen MR) is 109 cm³/mol. The van der Waals surface area contributed by atoms with Crippen molar-refractivity contribution in [1.29, 1.82) is 0 Å². The first-order valence-electron chi connectivity index (χ1n) is 8.42. The molecule has 0 aliphatic carbocycles. The Morgan fingerprint density at radius 3 is 2.64 bits per heavy atom. The highest BCUT2D eigenvalue weighted by atomic mass is 32.2. The van der Waals surface area contributed by atoms with Gasteiger partial charge in [0.1, 0.15) is 11.6 Å². The topological polar surface area (TPSA) is 107 Å². The minimum absolute atomic E-state index is 0.127. The first kappa shape index (κ1) is 20.5. The predicted octanol–water partition coefficient (Wildman–Crippen LogP) is 2.77. The zero-order valence-corrected chi connectivity index (χ0v) is 17.8. The molecule has 148 valence electrons. The lowest BCUT2D eigenvalue weighted by Gasteiger charge is -2.08. The fourth-order valence-electron chi connectivity index (χ4n) is 2.42. The Bertz CT molecular complexity index is 1040. The van der Waals surface area contributed by atoms with Crippen molar-refractivity contribution in [1.82, 2.24) is 19.7 Å². The number of nitrogens with zero attached hydrogens (tertiary/aromatic N) is 4. The van der Waals surface area contributed by atoms with Crippen LogP contribution in [0.1, 0.15) is 18.3 Å². The van der Waals surface area contributed by atoms with E-state index in [0.717, 1.165) is 5.56 Å². The first-order valence-corrected chi connectivity index (χ1v) is 11.9. The molecular formula is C17H19N5O3S3. The van der Waals surface area contributed by atoms with Crippen LogP contribution >= 0.6 is 23.1 Å². The molecule has 3 rings (SSSR count). The number of hydrogen-bond donors (Lipinski definition) is 1. The van der Waals surface area contributed by atoms with Gasteiger partial charge in [0.25, 0.3) is 0 Å². The van der Waals surface area contributed by atoms with E-state index in [1.807, 2.05) is 13.8 Å². The molecule has 2 aromatic heterocycles. The van der Waals surface area contributed by atoms with Crippen LogP contribution in [0.4, 0.5) is 5.13 Å². The Balaban J connectivity index is 1.69. The van der Waals surface area contributed by atoms with Gasteiger partial charge in [-0.1, -0.05) is 29.5 Å². The van der Waals surface area contributed by atoms with Gasteiger partial charge in [0.05, 0.1) is 10.6 Å². The van der Waals surface area contributed by atoms with Crippen molar-refractivity contribution < 1.29 is 13.2 Å². The standard InChI is InChI=1S/C17H19N5O3S3/c1-3-22-14(11-28(24,25)13-6-4-12(2)5-7-13)20-21-17(22)27-10-15(23)19-16-18-8-9-26-16/h4-9H,3,10-11H2,1-2H3,(H,18,19,23). The molecular weight excluding hydrogens is 418 g/mol. The summed E-state index contributed by atoms with van der Waals surface area (Å²) >= 11 is 2.54. The molecule has 1 amide bonds. The normalized spacial score (nSPS) is 11.5. The monoisotopic (exact) mass is 437 g/mol. The highest BCUT2D eigenvalue weighted by Crippen LogP contribution is 2.21. The lowest BCUT2D eigenvalue weighted by atomic mass is 10.2. The molecule has 0 saturated heterocycles. The number of thioether (sulfide) groups is 1. The minimum atomic E-state index is -3.53. The molecule has 0 atom stereocenters. The number of benzene rings is 1. The first-order chi connectivity index (χ1) is 13.4. The van der Waals surface area contributed by atoms with Crippen LogP contribution in [-0.4, -0.2) is 39.8 Å². The van der Waals surface area contributed by atoms with E-state index in [9.17, 15) is 13.2 Å². The van der Waals surface area contributed by atoms with E-state index in [0.29, 0.717) is 22.7 Å². The second-order valence-corrected chi connectivity index (χ2v) is 9.72. The van der Waals surface area contributed by atoms with Crippen molar-refractivity contribution in [3.05, 3.63) is 47.2 Å². The third-order valence-electron chi connectivity index (χ3n) is 3.82. The summed E-state index contributed by atoms with van der Waals surface area (Å²) < 4.78 is 27.1. The molecule has 3 aromatic rings. The van der Waals surface area contributed by atoms with Crippen LogP contribution in [0, 0.1) is 6.92 Å². The Morgan fingerprint density at radius 1 is 1.25 bits per heavy atom. The van der Waals surface area contributed by atoms with Crippen LogP contribution in [-0.2, 0) is 26.9 Å². The van der Waals surface area contributed by atoms with Gasteiger partial charge in [-0.25, -0.2) is 13.4 Å². The van der Waals surface area contributed by atoms with Crippen LogP contribution in [0.2, 0.25) is 0 Å². The Hall–Kier alpha value is -2.24. The Kier molecular flexibility index (Phi) is 6.47. The number of anilines is 1. The molecule has 0 aliphatic heterocycles. The van der Waals surface area contributed by atoms with E-state index < -0.39 is 9.84 Å². The molecule has 8 nitrogen and oxygen atoms in total. The molecule has 0 unspecified atom stereocenters. The van der Waals surface area contributed by atoms with E-state index in [-0.39, 0.29) is 22.3 Å². The molecule has 0 fully saturated rings. The van der Waals surface area contributed by atoms with Gasteiger partial charge in [0.2, 0.25) is 5.91 Å². The molecule has 0 aliphatic rings. The van der Waals surface area contributed by atoms with E-state index in [2.05, 4.69) is 20.5 Å². The van der Waals surface area contributed by atoms with E-state index in [4.69, 9.17) is 0 Å². The molecule has 1 aromatic carbocycles. The molecule has 0 spiro atoms. The summed E-state index contributed by atoms with van der Waals surface area (Å²) in [5, 5.41) is 13.6. The van der Waals surface area contributed by atoms with E-state index >= 15 is 0 Å². The van der Waals surface area contributed by atoms with Gasteiger partial charge in [0, 0.05) is 18.1 Å².